The van der Waals surface area contributed by atoms with Crippen LogP contribution in [0.25, 0.3) is 0 Å². The van der Waals surface area contributed by atoms with Gasteiger partial charge in [-0.1, -0.05) is 25.3 Å². The van der Waals surface area contributed by atoms with Crippen LogP contribution in [0.15, 0.2) is 23.2 Å². The van der Waals surface area contributed by atoms with Crippen LogP contribution in [0.1, 0.15) is 44.1 Å². The van der Waals surface area contributed by atoms with Crippen molar-refractivity contribution in [1.82, 2.24) is 15.1 Å². The maximum atomic E-state index is 5.68. The summed E-state index contributed by atoms with van der Waals surface area (Å²) in [6, 6.07) is 7.15. The lowest BCUT2D eigenvalue weighted by atomic mass is 9.69. The van der Waals surface area contributed by atoms with E-state index in [1.807, 2.05) is 7.05 Å². The predicted octanol–water partition coefficient (Wildman–Crippen LogP) is 2.60. The molecule has 3 aliphatic heterocycles. The van der Waals surface area contributed by atoms with Crippen LogP contribution in [-0.4, -0.2) is 81.6 Å². The van der Waals surface area contributed by atoms with E-state index in [1.165, 1.54) is 44.1 Å². The van der Waals surface area contributed by atoms with Crippen molar-refractivity contribution < 1.29 is 14.2 Å². The maximum Gasteiger partial charge on any atom is 0.231 e. The molecule has 0 aromatic heterocycles. The molecular formula is C24H36N4O3. The van der Waals surface area contributed by atoms with E-state index >= 15 is 0 Å². The second-order valence-corrected chi connectivity index (χ2v) is 9.35. The van der Waals surface area contributed by atoms with Gasteiger partial charge in [0.15, 0.2) is 17.5 Å². The molecule has 31 heavy (non-hydrogen) atoms. The van der Waals surface area contributed by atoms with Crippen molar-refractivity contribution in [3.8, 4) is 11.5 Å². The number of likely N-dealkylation sites (tertiary alicyclic amines) is 1. The van der Waals surface area contributed by atoms with Gasteiger partial charge in [0.2, 0.25) is 6.79 Å². The standard InChI is InChI=1S/C24H36N4O3/c1-25-23(28-10-7-20(16-28)27-11-13-29-14-12-27)26-17-24(8-3-2-4-9-24)19-5-6-21-22(15-19)31-18-30-21/h5-6,15,20H,2-4,7-14,16-18H2,1H3,(H,25,26). The zero-order chi connectivity index (χ0) is 21.1. The molecule has 0 amide bonds. The monoisotopic (exact) mass is 428 g/mol. The number of hydrogen-bond donors (Lipinski definition) is 1. The lowest BCUT2D eigenvalue weighted by Crippen LogP contribution is -2.49. The maximum absolute atomic E-state index is 5.68. The Kier molecular flexibility index (Phi) is 6.23. The molecule has 1 N–H and O–H groups in total. The smallest absolute Gasteiger partial charge is 0.231 e. The van der Waals surface area contributed by atoms with Gasteiger partial charge in [-0.05, 0) is 37.0 Å². The Morgan fingerprint density at radius 1 is 1.10 bits per heavy atom. The van der Waals surface area contributed by atoms with Crippen molar-refractivity contribution in [2.45, 2.75) is 50.0 Å². The lowest BCUT2D eigenvalue weighted by molar-refractivity contribution is 0.0194. The number of ether oxygens (including phenoxy) is 3. The third kappa shape index (κ3) is 4.35. The molecule has 0 spiro atoms. The van der Waals surface area contributed by atoms with Crippen molar-refractivity contribution in [2.75, 3.05) is 59.8 Å². The summed E-state index contributed by atoms with van der Waals surface area (Å²) in [5.74, 6) is 2.80. The molecule has 3 heterocycles. The molecule has 0 bridgehead atoms. The number of hydrogen-bond acceptors (Lipinski definition) is 5. The number of nitrogens with one attached hydrogen (secondary N) is 1. The number of guanidine groups is 1. The van der Waals surface area contributed by atoms with E-state index < -0.39 is 0 Å². The topological polar surface area (TPSA) is 58.6 Å². The Morgan fingerprint density at radius 2 is 1.90 bits per heavy atom. The first-order chi connectivity index (χ1) is 15.3. The minimum atomic E-state index is 0.124. The summed E-state index contributed by atoms with van der Waals surface area (Å²) in [7, 11) is 1.92. The Morgan fingerprint density at radius 3 is 2.71 bits per heavy atom. The highest BCUT2D eigenvalue weighted by Crippen LogP contribution is 2.43. The normalized spacial score (nSPS) is 26.3. The molecular weight excluding hydrogens is 392 g/mol. The average molecular weight is 429 g/mol. The summed E-state index contributed by atoms with van der Waals surface area (Å²) >= 11 is 0. The summed E-state index contributed by atoms with van der Waals surface area (Å²) in [5.41, 5.74) is 1.49. The average Bonchev–Trinajstić information content (AvgIpc) is 3.50. The molecule has 1 aromatic carbocycles. The van der Waals surface area contributed by atoms with E-state index in [2.05, 4.69) is 38.3 Å². The predicted molar refractivity (Wildman–Crippen MR) is 121 cm³/mol. The molecule has 1 saturated carbocycles. The lowest BCUT2D eigenvalue weighted by Gasteiger charge is -2.39. The summed E-state index contributed by atoms with van der Waals surface area (Å²) in [6.45, 7) is 7.20. The van der Waals surface area contributed by atoms with Crippen LogP contribution in [0.3, 0.4) is 0 Å². The second kappa shape index (κ2) is 9.25. The first-order valence-corrected chi connectivity index (χ1v) is 11.9. The van der Waals surface area contributed by atoms with E-state index in [1.54, 1.807) is 0 Å². The summed E-state index contributed by atoms with van der Waals surface area (Å²) < 4.78 is 16.8. The van der Waals surface area contributed by atoms with Gasteiger partial charge in [0, 0.05) is 51.2 Å². The highest BCUT2D eigenvalue weighted by Gasteiger charge is 2.36. The molecule has 0 radical (unpaired) electrons. The SMILES string of the molecule is CN=C(NCC1(c2ccc3c(c2)OCO3)CCCCC1)N1CCC(N2CCOCC2)C1. The fourth-order valence-electron chi connectivity index (χ4n) is 5.78. The van der Waals surface area contributed by atoms with Gasteiger partial charge >= 0.3 is 0 Å². The van der Waals surface area contributed by atoms with Crippen LogP contribution in [0.5, 0.6) is 11.5 Å². The fourth-order valence-corrected chi connectivity index (χ4v) is 5.78. The van der Waals surface area contributed by atoms with Gasteiger partial charge in [0.25, 0.3) is 0 Å². The quantitative estimate of drug-likeness (QED) is 0.588. The molecule has 170 valence electrons. The molecule has 7 nitrogen and oxygen atoms in total. The molecule has 3 fully saturated rings. The summed E-state index contributed by atoms with van der Waals surface area (Å²) in [6.07, 6.45) is 7.48. The largest absolute Gasteiger partial charge is 0.454 e. The van der Waals surface area contributed by atoms with Crippen LogP contribution < -0.4 is 14.8 Å². The van der Waals surface area contributed by atoms with Crippen molar-refractivity contribution in [3.63, 3.8) is 0 Å². The van der Waals surface area contributed by atoms with Gasteiger partial charge in [0.05, 0.1) is 13.2 Å². The number of benzene rings is 1. The first kappa shape index (κ1) is 20.9. The molecule has 2 saturated heterocycles. The zero-order valence-corrected chi connectivity index (χ0v) is 18.8. The number of rotatable bonds is 4. The minimum absolute atomic E-state index is 0.124. The van der Waals surface area contributed by atoms with Crippen molar-refractivity contribution in [2.24, 2.45) is 4.99 Å². The Bertz CT molecular complexity index is 787. The van der Waals surface area contributed by atoms with E-state index in [0.29, 0.717) is 12.8 Å². The van der Waals surface area contributed by atoms with Crippen molar-refractivity contribution in [3.05, 3.63) is 23.8 Å². The molecule has 1 aromatic rings. The Hall–Kier alpha value is -1.99. The second-order valence-electron chi connectivity index (χ2n) is 9.35. The Labute approximate surface area is 185 Å². The van der Waals surface area contributed by atoms with Gasteiger partial charge in [-0.3, -0.25) is 9.89 Å². The number of fused-ring (bicyclic) bond motifs is 1. The highest BCUT2D eigenvalue weighted by molar-refractivity contribution is 5.80. The van der Waals surface area contributed by atoms with E-state index in [0.717, 1.165) is 63.4 Å². The minimum Gasteiger partial charge on any atom is -0.454 e. The van der Waals surface area contributed by atoms with Gasteiger partial charge in [-0.2, -0.15) is 0 Å². The van der Waals surface area contributed by atoms with Crippen LogP contribution in [0, 0.1) is 0 Å². The third-order valence-corrected chi connectivity index (χ3v) is 7.62. The van der Waals surface area contributed by atoms with Crippen molar-refractivity contribution in [1.29, 1.82) is 0 Å². The van der Waals surface area contributed by atoms with Crippen LogP contribution in [0.2, 0.25) is 0 Å². The number of nitrogens with zero attached hydrogens (tertiary/aromatic N) is 3. The van der Waals surface area contributed by atoms with E-state index in [9.17, 15) is 0 Å². The van der Waals surface area contributed by atoms with Gasteiger partial charge < -0.3 is 24.4 Å². The van der Waals surface area contributed by atoms with E-state index in [-0.39, 0.29) is 5.41 Å². The molecule has 1 unspecified atom stereocenters. The highest BCUT2D eigenvalue weighted by atomic mass is 16.7. The zero-order valence-electron chi connectivity index (χ0n) is 18.8. The molecule has 1 atom stereocenters. The molecule has 1 aliphatic carbocycles. The third-order valence-electron chi connectivity index (χ3n) is 7.62. The van der Waals surface area contributed by atoms with Crippen LogP contribution in [0.4, 0.5) is 0 Å². The van der Waals surface area contributed by atoms with E-state index in [4.69, 9.17) is 14.2 Å². The number of morpholine rings is 1. The van der Waals surface area contributed by atoms with Gasteiger partial charge in [-0.25, -0.2) is 0 Å². The molecule has 5 rings (SSSR count). The summed E-state index contributed by atoms with van der Waals surface area (Å²) in [4.78, 5) is 9.69. The molecule has 7 heteroatoms. The van der Waals surface area contributed by atoms with Crippen molar-refractivity contribution >= 4 is 5.96 Å². The van der Waals surface area contributed by atoms with Crippen LogP contribution in [-0.2, 0) is 10.2 Å². The fraction of sp³-hybridized carbons (Fsp3) is 0.708. The van der Waals surface area contributed by atoms with Gasteiger partial charge in [0.1, 0.15) is 0 Å². The number of aliphatic imine (C=N–C) groups is 1. The Balaban J connectivity index is 1.26. The first-order valence-electron chi connectivity index (χ1n) is 11.9. The summed E-state index contributed by atoms with van der Waals surface area (Å²) in [5, 5.41) is 3.77. The van der Waals surface area contributed by atoms with Gasteiger partial charge in [-0.15, -0.1) is 0 Å². The van der Waals surface area contributed by atoms with Crippen LogP contribution >= 0.6 is 0 Å². The molecule has 4 aliphatic rings.